The Balaban J connectivity index is 1.35. The summed E-state index contributed by atoms with van der Waals surface area (Å²) in [6.07, 6.45) is 9.06. The van der Waals surface area contributed by atoms with E-state index < -0.39 is 11.5 Å². The van der Waals surface area contributed by atoms with Crippen molar-refractivity contribution in [2.45, 2.75) is 63.3 Å². The zero-order valence-corrected chi connectivity index (χ0v) is 19.2. The van der Waals surface area contributed by atoms with Crippen LogP contribution in [0.1, 0.15) is 66.6 Å². The number of carbonyl (C=O) groups is 3. The van der Waals surface area contributed by atoms with Crippen molar-refractivity contribution in [2.75, 3.05) is 23.8 Å². The summed E-state index contributed by atoms with van der Waals surface area (Å²) in [5, 5.41) is 12.5. The van der Waals surface area contributed by atoms with E-state index in [0.717, 1.165) is 37.7 Å². The highest BCUT2D eigenvalue weighted by Crippen LogP contribution is 2.44. The highest BCUT2D eigenvalue weighted by Gasteiger charge is 2.48. The van der Waals surface area contributed by atoms with Gasteiger partial charge in [0.2, 0.25) is 11.8 Å². The number of aromatic nitrogens is 2. The molecule has 2 aromatic rings. The number of pyridine rings is 1. The number of rotatable bonds is 5. The number of aryl methyl sites for hydroxylation is 1. The monoisotopic (exact) mass is 467 g/mol. The Hall–Kier alpha value is -3.27. The van der Waals surface area contributed by atoms with E-state index in [1.54, 1.807) is 19.2 Å². The van der Waals surface area contributed by atoms with Crippen LogP contribution in [0.5, 0.6) is 0 Å². The van der Waals surface area contributed by atoms with Crippen molar-refractivity contribution in [3.8, 4) is 0 Å². The first kappa shape index (κ1) is 22.5. The van der Waals surface area contributed by atoms with E-state index in [4.69, 9.17) is 9.26 Å². The number of nitrogens with one attached hydrogen (secondary N) is 3. The average Bonchev–Trinajstić information content (AvgIpc) is 3.39. The Kier molecular flexibility index (Phi) is 6.07. The van der Waals surface area contributed by atoms with Gasteiger partial charge >= 0.3 is 0 Å². The van der Waals surface area contributed by atoms with Crippen LogP contribution in [0, 0.1) is 12.8 Å². The fourth-order valence-electron chi connectivity index (χ4n) is 5.39. The maximum Gasteiger partial charge on any atom is 0.257 e. The molecule has 1 spiro atoms. The molecule has 5 rings (SSSR count). The molecule has 0 aromatic carbocycles. The second kappa shape index (κ2) is 9.17. The van der Waals surface area contributed by atoms with Crippen molar-refractivity contribution < 1.29 is 23.6 Å². The van der Waals surface area contributed by atoms with Gasteiger partial charge in [-0.2, -0.15) is 0 Å². The van der Waals surface area contributed by atoms with E-state index >= 15 is 0 Å². The van der Waals surface area contributed by atoms with E-state index in [0.29, 0.717) is 48.8 Å². The van der Waals surface area contributed by atoms with Gasteiger partial charge in [-0.05, 0) is 38.5 Å². The lowest BCUT2D eigenvalue weighted by atomic mass is 9.76. The predicted octanol–water partition coefficient (Wildman–Crippen LogP) is 2.70. The Labute approximate surface area is 197 Å². The van der Waals surface area contributed by atoms with Gasteiger partial charge in [0.05, 0.1) is 16.8 Å². The summed E-state index contributed by atoms with van der Waals surface area (Å²) in [6, 6.07) is 0.979. The minimum atomic E-state index is -0.714. The third-order valence-electron chi connectivity index (χ3n) is 7.38. The molecule has 4 heterocycles. The van der Waals surface area contributed by atoms with E-state index in [2.05, 4.69) is 26.1 Å². The molecule has 2 aliphatic heterocycles. The number of fused-ring (bicyclic) bond motifs is 2. The third-order valence-corrected chi connectivity index (χ3v) is 7.38. The highest BCUT2D eigenvalue weighted by molar-refractivity contribution is 6.07. The second-order valence-corrected chi connectivity index (χ2v) is 9.42. The molecule has 3 amide bonds. The molecule has 1 aliphatic carbocycles. The normalized spacial score (nSPS) is 20.4. The molecule has 2 fully saturated rings. The summed E-state index contributed by atoms with van der Waals surface area (Å²) < 4.78 is 10.3. The zero-order chi connectivity index (χ0) is 23.7. The number of ether oxygens (including phenoxy) is 1. The quantitative estimate of drug-likeness (QED) is 0.615. The van der Waals surface area contributed by atoms with E-state index in [1.165, 1.54) is 6.26 Å². The van der Waals surface area contributed by atoms with Crippen molar-refractivity contribution in [1.82, 2.24) is 15.5 Å². The molecule has 10 heteroatoms. The van der Waals surface area contributed by atoms with Gasteiger partial charge in [0.1, 0.15) is 23.7 Å². The SMILES string of the molecule is Cc1nocc1C(=O)NC(C(=O)Nc1cc2c(cn1)C1(CCOCC1)C(=O)N2)C1CCCCC1. The van der Waals surface area contributed by atoms with Crippen LogP contribution in [0.2, 0.25) is 0 Å². The molecule has 10 nitrogen and oxygen atoms in total. The topological polar surface area (TPSA) is 135 Å². The lowest BCUT2D eigenvalue weighted by Crippen LogP contribution is -2.49. The zero-order valence-electron chi connectivity index (χ0n) is 19.2. The van der Waals surface area contributed by atoms with E-state index in [-0.39, 0.29) is 23.6 Å². The van der Waals surface area contributed by atoms with Crippen LogP contribution in [0.15, 0.2) is 23.0 Å². The van der Waals surface area contributed by atoms with Gasteiger partial charge in [-0.15, -0.1) is 0 Å². The van der Waals surface area contributed by atoms with Crippen molar-refractivity contribution in [3.63, 3.8) is 0 Å². The summed E-state index contributed by atoms with van der Waals surface area (Å²) in [4.78, 5) is 43.4. The minimum Gasteiger partial charge on any atom is -0.381 e. The van der Waals surface area contributed by atoms with Gasteiger partial charge < -0.3 is 25.2 Å². The van der Waals surface area contributed by atoms with Gasteiger partial charge in [0.25, 0.3) is 5.91 Å². The number of amides is 3. The lowest BCUT2D eigenvalue weighted by molar-refractivity contribution is -0.124. The van der Waals surface area contributed by atoms with Crippen molar-refractivity contribution in [2.24, 2.45) is 5.92 Å². The lowest BCUT2D eigenvalue weighted by Gasteiger charge is -2.31. The summed E-state index contributed by atoms with van der Waals surface area (Å²) in [5.41, 5.74) is 1.68. The number of carbonyl (C=O) groups excluding carboxylic acids is 3. The molecule has 2 aromatic heterocycles. The number of nitrogens with zero attached hydrogens (tertiary/aromatic N) is 2. The number of hydrogen-bond acceptors (Lipinski definition) is 7. The van der Waals surface area contributed by atoms with Gasteiger partial charge in [-0.3, -0.25) is 14.4 Å². The molecule has 34 heavy (non-hydrogen) atoms. The molecule has 3 aliphatic rings. The van der Waals surface area contributed by atoms with Crippen LogP contribution >= 0.6 is 0 Å². The number of anilines is 2. The van der Waals surface area contributed by atoms with Crippen LogP contribution in [-0.2, 0) is 19.7 Å². The summed E-state index contributed by atoms with van der Waals surface area (Å²) in [7, 11) is 0. The third kappa shape index (κ3) is 4.06. The van der Waals surface area contributed by atoms with Crippen LogP contribution < -0.4 is 16.0 Å². The standard InChI is InChI=1S/C24H29N5O5/c1-14-16(13-34-29-14)21(30)28-20(15-5-3-2-4-6-15)22(31)27-19-11-18-17(12-25-19)24(23(32)26-18)7-9-33-10-8-24/h11-13,15,20H,2-10H2,1H3,(H,26,32)(H,28,30)(H,25,27,31). The fourth-order valence-corrected chi connectivity index (χ4v) is 5.39. The maximum atomic E-state index is 13.4. The molecule has 0 radical (unpaired) electrons. The summed E-state index contributed by atoms with van der Waals surface area (Å²) in [5.74, 6) is -0.401. The molecular formula is C24H29N5O5. The Morgan fingerprint density at radius 2 is 1.97 bits per heavy atom. The minimum absolute atomic E-state index is 0.0255. The highest BCUT2D eigenvalue weighted by atomic mass is 16.5. The fraction of sp³-hybridized carbons (Fsp3) is 0.542. The van der Waals surface area contributed by atoms with Crippen molar-refractivity contribution in [3.05, 3.63) is 35.3 Å². The van der Waals surface area contributed by atoms with Crippen LogP contribution in [0.4, 0.5) is 11.5 Å². The molecule has 1 saturated heterocycles. The van der Waals surface area contributed by atoms with Crippen LogP contribution in [0.25, 0.3) is 0 Å². The van der Waals surface area contributed by atoms with Crippen LogP contribution in [0.3, 0.4) is 0 Å². The first-order valence-electron chi connectivity index (χ1n) is 11.9. The van der Waals surface area contributed by atoms with Gasteiger partial charge in [-0.1, -0.05) is 24.4 Å². The van der Waals surface area contributed by atoms with Gasteiger partial charge in [0, 0.05) is 31.0 Å². The molecular weight excluding hydrogens is 438 g/mol. The summed E-state index contributed by atoms with van der Waals surface area (Å²) in [6.45, 7) is 2.74. The number of hydrogen-bond donors (Lipinski definition) is 3. The van der Waals surface area contributed by atoms with Crippen molar-refractivity contribution in [1.29, 1.82) is 0 Å². The molecule has 1 saturated carbocycles. The molecule has 1 unspecified atom stereocenters. The van der Waals surface area contributed by atoms with E-state index in [9.17, 15) is 14.4 Å². The molecule has 1 atom stereocenters. The average molecular weight is 468 g/mol. The Morgan fingerprint density at radius 3 is 2.68 bits per heavy atom. The predicted molar refractivity (Wildman–Crippen MR) is 122 cm³/mol. The van der Waals surface area contributed by atoms with Gasteiger partial charge in [-0.25, -0.2) is 4.98 Å². The second-order valence-electron chi connectivity index (χ2n) is 9.42. The Bertz CT molecular complexity index is 1100. The molecule has 3 N–H and O–H groups in total. The van der Waals surface area contributed by atoms with Gasteiger partial charge in [0.15, 0.2) is 0 Å². The van der Waals surface area contributed by atoms with E-state index in [1.807, 2.05) is 0 Å². The first-order valence-corrected chi connectivity index (χ1v) is 11.9. The van der Waals surface area contributed by atoms with Crippen LogP contribution in [-0.4, -0.2) is 47.1 Å². The molecule has 0 bridgehead atoms. The molecule has 180 valence electrons. The maximum absolute atomic E-state index is 13.4. The first-order chi connectivity index (χ1) is 16.5. The van der Waals surface area contributed by atoms with Crippen molar-refractivity contribution >= 4 is 29.2 Å². The summed E-state index contributed by atoms with van der Waals surface area (Å²) >= 11 is 0. The smallest absolute Gasteiger partial charge is 0.257 e. The Morgan fingerprint density at radius 1 is 1.21 bits per heavy atom. The largest absolute Gasteiger partial charge is 0.381 e.